The van der Waals surface area contributed by atoms with Gasteiger partial charge < -0.3 is 0 Å². The third-order valence-electron chi connectivity index (χ3n) is 3.11. The van der Waals surface area contributed by atoms with E-state index in [0.29, 0.717) is 11.7 Å². The Morgan fingerprint density at radius 2 is 2.00 bits per heavy atom. The maximum atomic E-state index is 13.9. The molecule has 0 fully saturated rings. The maximum Gasteiger partial charge on any atom is 0.152 e. The molecule has 3 aromatic rings. The number of benzene rings is 1. The number of carbonyl (C=O) groups excluding carboxylic acids is 1. The molecule has 2 heterocycles. The van der Waals surface area contributed by atoms with Crippen molar-refractivity contribution in [1.29, 1.82) is 5.26 Å². The van der Waals surface area contributed by atoms with Gasteiger partial charge in [-0.25, -0.2) is 13.8 Å². The Balaban J connectivity index is 2.40. The fraction of sp³-hybridized carbons (Fsp3) is 0. The van der Waals surface area contributed by atoms with E-state index in [4.69, 9.17) is 5.26 Å². The molecule has 0 saturated heterocycles. The number of nitriles is 1. The summed E-state index contributed by atoms with van der Waals surface area (Å²) in [5, 5.41) is 9.23. The van der Waals surface area contributed by atoms with Crippen molar-refractivity contribution in [2.75, 3.05) is 0 Å². The average molecular weight is 283 g/mol. The fourth-order valence-electron chi connectivity index (χ4n) is 2.18. The Kier molecular flexibility index (Phi) is 2.95. The molecule has 0 amide bonds. The van der Waals surface area contributed by atoms with Crippen LogP contribution < -0.4 is 0 Å². The number of pyridine rings is 1. The molecule has 0 spiro atoms. The van der Waals surface area contributed by atoms with Crippen molar-refractivity contribution in [3.05, 3.63) is 59.4 Å². The number of fused-ring (bicyclic) bond motifs is 1. The molecular weight excluding hydrogens is 276 g/mol. The van der Waals surface area contributed by atoms with Crippen molar-refractivity contribution in [2.45, 2.75) is 0 Å². The molecule has 0 unspecified atom stereocenters. The van der Waals surface area contributed by atoms with Crippen LogP contribution in [-0.4, -0.2) is 15.8 Å². The number of para-hydroxylation sites is 1. The molecule has 4 nitrogen and oxygen atoms in total. The van der Waals surface area contributed by atoms with E-state index in [9.17, 15) is 13.6 Å². The summed E-state index contributed by atoms with van der Waals surface area (Å²) in [5.74, 6) is -1.54. The predicted octanol–water partition coefficient (Wildman–Crippen LogP) is 2.99. The van der Waals surface area contributed by atoms with Crippen LogP contribution in [0.4, 0.5) is 8.78 Å². The van der Waals surface area contributed by atoms with Gasteiger partial charge in [-0.15, -0.1) is 0 Å². The zero-order valence-electron chi connectivity index (χ0n) is 10.5. The lowest BCUT2D eigenvalue weighted by atomic mass is 10.2. The predicted molar refractivity (Wildman–Crippen MR) is 71.1 cm³/mol. The molecule has 1 aromatic carbocycles. The van der Waals surface area contributed by atoms with Crippen LogP contribution in [0.25, 0.3) is 16.7 Å². The summed E-state index contributed by atoms with van der Waals surface area (Å²) in [6.07, 6.45) is 3.14. The van der Waals surface area contributed by atoms with Crippen LogP contribution in [0.1, 0.15) is 15.9 Å². The van der Waals surface area contributed by atoms with Crippen molar-refractivity contribution in [3.63, 3.8) is 0 Å². The van der Waals surface area contributed by atoms with Gasteiger partial charge in [0, 0.05) is 23.3 Å². The Morgan fingerprint density at radius 1 is 1.29 bits per heavy atom. The van der Waals surface area contributed by atoms with E-state index < -0.39 is 11.6 Å². The second-order valence-corrected chi connectivity index (χ2v) is 4.35. The molecule has 21 heavy (non-hydrogen) atoms. The highest BCUT2D eigenvalue weighted by molar-refractivity contribution is 5.97. The number of hydrogen-bond donors (Lipinski definition) is 0. The first kappa shape index (κ1) is 12.9. The second kappa shape index (κ2) is 4.80. The monoisotopic (exact) mass is 283 g/mol. The minimum absolute atomic E-state index is 0.206. The summed E-state index contributed by atoms with van der Waals surface area (Å²) in [5.41, 5.74) is 0.363. The highest BCUT2D eigenvalue weighted by atomic mass is 19.1. The molecule has 102 valence electrons. The molecule has 3 rings (SSSR count). The fourth-order valence-corrected chi connectivity index (χ4v) is 2.18. The van der Waals surface area contributed by atoms with Gasteiger partial charge >= 0.3 is 0 Å². The number of nitrogens with zero attached hydrogens (tertiary/aromatic N) is 3. The van der Waals surface area contributed by atoms with E-state index in [1.165, 1.54) is 29.1 Å². The van der Waals surface area contributed by atoms with Gasteiger partial charge in [-0.1, -0.05) is 6.07 Å². The number of aldehydes is 1. The van der Waals surface area contributed by atoms with Crippen LogP contribution in [0, 0.1) is 23.0 Å². The minimum Gasteiger partial charge on any atom is -0.298 e. The highest BCUT2D eigenvalue weighted by Gasteiger charge is 2.17. The first-order valence-corrected chi connectivity index (χ1v) is 5.96. The van der Waals surface area contributed by atoms with Gasteiger partial charge in [0.15, 0.2) is 6.29 Å². The van der Waals surface area contributed by atoms with Crippen LogP contribution in [0.2, 0.25) is 0 Å². The molecule has 6 heteroatoms. The number of aromatic nitrogens is 2. The Morgan fingerprint density at radius 3 is 2.62 bits per heavy atom. The maximum absolute atomic E-state index is 13.9. The van der Waals surface area contributed by atoms with Crippen LogP contribution >= 0.6 is 0 Å². The Hall–Kier alpha value is -3.07. The standard InChI is InChI=1S/C15H7F2N3O/c16-12-2-1-3-13(17)14(12)20-7-10(8-21)11-4-9(5-18)6-19-15(11)20/h1-4,6-8H. The summed E-state index contributed by atoms with van der Waals surface area (Å²) in [7, 11) is 0. The third-order valence-corrected chi connectivity index (χ3v) is 3.11. The quantitative estimate of drug-likeness (QED) is 0.679. The second-order valence-electron chi connectivity index (χ2n) is 4.35. The molecule has 0 aliphatic rings. The van der Waals surface area contributed by atoms with Crippen LogP contribution in [0.5, 0.6) is 0 Å². The Labute approximate surface area is 117 Å². The van der Waals surface area contributed by atoms with Gasteiger partial charge in [0.05, 0.1) is 5.56 Å². The van der Waals surface area contributed by atoms with Crippen molar-refractivity contribution in [3.8, 4) is 11.8 Å². The molecule has 0 saturated carbocycles. The normalized spacial score (nSPS) is 10.5. The van der Waals surface area contributed by atoms with Gasteiger partial charge in [0.2, 0.25) is 0 Å². The number of hydrogen-bond acceptors (Lipinski definition) is 3. The molecular formula is C15H7F2N3O. The lowest BCUT2D eigenvalue weighted by Gasteiger charge is -2.07. The lowest BCUT2D eigenvalue weighted by Crippen LogP contribution is -2.01. The van der Waals surface area contributed by atoms with Gasteiger partial charge in [0.1, 0.15) is 29.0 Å². The van der Waals surface area contributed by atoms with Crippen LogP contribution in [-0.2, 0) is 0 Å². The van der Waals surface area contributed by atoms with E-state index in [0.717, 1.165) is 12.1 Å². The van der Waals surface area contributed by atoms with Gasteiger partial charge in [-0.05, 0) is 18.2 Å². The number of halogens is 2. The van der Waals surface area contributed by atoms with Gasteiger partial charge in [-0.3, -0.25) is 9.36 Å². The summed E-state index contributed by atoms with van der Waals surface area (Å²) < 4.78 is 29.0. The SMILES string of the molecule is N#Cc1cnc2c(c1)c(C=O)cn2-c1c(F)cccc1F. The molecule has 0 radical (unpaired) electrons. The molecule has 0 N–H and O–H groups in total. The van der Waals surface area contributed by atoms with E-state index in [1.54, 1.807) is 0 Å². The summed E-state index contributed by atoms with van der Waals surface area (Å²) in [6.45, 7) is 0. The van der Waals surface area contributed by atoms with Crippen molar-refractivity contribution in [1.82, 2.24) is 9.55 Å². The molecule has 2 aromatic heterocycles. The first-order valence-electron chi connectivity index (χ1n) is 5.96. The summed E-state index contributed by atoms with van der Waals surface area (Å²) in [6, 6.07) is 6.86. The topological polar surface area (TPSA) is 58.7 Å². The molecule has 0 bridgehead atoms. The van der Waals surface area contributed by atoms with Gasteiger partial charge in [0.25, 0.3) is 0 Å². The Bertz CT molecular complexity index is 889. The zero-order valence-corrected chi connectivity index (χ0v) is 10.5. The van der Waals surface area contributed by atoms with E-state index in [1.807, 2.05) is 6.07 Å². The molecule has 0 aliphatic carbocycles. The minimum atomic E-state index is -0.768. The van der Waals surface area contributed by atoms with E-state index >= 15 is 0 Å². The number of rotatable bonds is 2. The lowest BCUT2D eigenvalue weighted by molar-refractivity contribution is 0.112. The first-order chi connectivity index (χ1) is 10.2. The van der Waals surface area contributed by atoms with Crippen LogP contribution in [0.15, 0.2) is 36.7 Å². The van der Waals surface area contributed by atoms with Crippen molar-refractivity contribution >= 4 is 17.3 Å². The van der Waals surface area contributed by atoms with Crippen LogP contribution in [0.3, 0.4) is 0 Å². The zero-order chi connectivity index (χ0) is 15.0. The van der Waals surface area contributed by atoms with E-state index in [-0.39, 0.29) is 22.5 Å². The largest absolute Gasteiger partial charge is 0.298 e. The van der Waals surface area contributed by atoms with Crippen molar-refractivity contribution < 1.29 is 13.6 Å². The summed E-state index contributed by atoms with van der Waals surface area (Å²) in [4.78, 5) is 15.2. The highest BCUT2D eigenvalue weighted by Crippen LogP contribution is 2.26. The third kappa shape index (κ3) is 1.96. The number of carbonyl (C=O) groups is 1. The van der Waals surface area contributed by atoms with Crippen molar-refractivity contribution in [2.24, 2.45) is 0 Å². The van der Waals surface area contributed by atoms with E-state index in [2.05, 4.69) is 4.98 Å². The van der Waals surface area contributed by atoms with Gasteiger partial charge in [-0.2, -0.15) is 5.26 Å². The molecule has 0 aliphatic heterocycles. The smallest absolute Gasteiger partial charge is 0.152 e. The summed E-state index contributed by atoms with van der Waals surface area (Å²) >= 11 is 0. The molecule has 0 atom stereocenters. The average Bonchev–Trinajstić information content (AvgIpc) is 2.85.